The highest BCUT2D eigenvalue weighted by Gasteiger charge is 2.29. The third-order valence-electron chi connectivity index (χ3n) is 3.32. The topological polar surface area (TPSA) is 66.4 Å². The number of nitrogens with one attached hydrogen (secondary N) is 1. The minimum absolute atomic E-state index is 0.344. The Morgan fingerprint density at radius 2 is 2.00 bits per heavy atom. The third kappa shape index (κ3) is 2.93. The van der Waals surface area contributed by atoms with Crippen LogP contribution in [0.1, 0.15) is 35.4 Å². The van der Waals surface area contributed by atoms with Gasteiger partial charge in [-0.25, -0.2) is 13.1 Å². The lowest BCUT2D eigenvalue weighted by molar-refractivity contribution is 0.101. The summed E-state index contributed by atoms with van der Waals surface area (Å²) >= 11 is 1.48. The van der Waals surface area contributed by atoms with Crippen molar-refractivity contribution in [2.45, 2.75) is 56.6 Å². The predicted molar refractivity (Wildman–Crippen MR) is 72.4 cm³/mol. The van der Waals surface area contributed by atoms with Gasteiger partial charge in [-0.3, -0.25) is 0 Å². The first kappa shape index (κ1) is 14.0. The highest BCUT2D eigenvalue weighted by Crippen LogP contribution is 2.26. The van der Waals surface area contributed by atoms with Gasteiger partial charge in [-0.1, -0.05) is 12.8 Å². The molecule has 0 saturated heterocycles. The smallest absolute Gasteiger partial charge is 0.242 e. The van der Waals surface area contributed by atoms with Crippen molar-refractivity contribution in [2.75, 3.05) is 0 Å². The second kappa shape index (κ2) is 5.28. The zero-order valence-corrected chi connectivity index (χ0v) is 12.3. The van der Waals surface area contributed by atoms with Crippen molar-refractivity contribution in [3.05, 3.63) is 15.8 Å². The van der Waals surface area contributed by atoms with Crippen LogP contribution < -0.4 is 4.72 Å². The third-order valence-corrected chi connectivity index (χ3v) is 6.03. The fourth-order valence-electron chi connectivity index (χ4n) is 2.39. The van der Waals surface area contributed by atoms with Crippen LogP contribution in [0.3, 0.4) is 0 Å². The Bertz CT molecular complexity index is 521. The van der Waals surface area contributed by atoms with Gasteiger partial charge in [0, 0.05) is 15.8 Å². The number of rotatable bonds is 3. The number of hydrogen-bond donors (Lipinski definition) is 2. The molecule has 0 radical (unpaired) electrons. The summed E-state index contributed by atoms with van der Waals surface area (Å²) < 4.78 is 27.2. The molecular formula is C12H19NO3S2. The molecule has 0 amide bonds. The molecule has 1 heterocycles. The Morgan fingerprint density at radius 3 is 2.56 bits per heavy atom. The van der Waals surface area contributed by atoms with Crippen LogP contribution in [-0.4, -0.2) is 25.7 Å². The first-order valence-electron chi connectivity index (χ1n) is 6.17. The fourth-order valence-corrected chi connectivity index (χ4v) is 5.24. The Hall–Kier alpha value is -0.430. The van der Waals surface area contributed by atoms with E-state index in [0.29, 0.717) is 17.7 Å². The zero-order valence-electron chi connectivity index (χ0n) is 10.6. The van der Waals surface area contributed by atoms with Gasteiger partial charge in [-0.2, -0.15) is 0 Å². The van der Waals surface area contributed by atoms with Crippen LogP contribution in [-0.2, 0) is 10.0 Å². The van der Waals surface area contributed by atoms with Crippen molar-refractivity contribution in [2.24, 2.45) is 0 Å². The number of sulfonamides is 1. The lowest BCUT2D eigenvalue weighted by Gasteiger charge is -2.28. The quantitative estimate of drug-likeness (QED) is 0.893. The van der Waals surface area contributed by atoms with Gasteiger partial charge in [0.15, 0.2) is 0 Å². The molecule has 0 unspecified atom stereocenters. The molecule has 2 N–H and O–H groups in total. The van der Waals surface area contributed by atoms with E-state index in [2.05, 4.69) is 4.72 Å². The largest absolute Gasteiger partial charge is 0.391 e. The first-order chi connectivity index (χ1) is 8.40. The molecule has 1 fully saturated rings. The van der Waals surface area contributed by atoms with E-state index in [-0.39, 0.29) is 6.04 Å². The molecule has 102 valence electrons. The molecule has 1 aromatic rings. The molecule has 0 aliphatic heterocycles. The van der Waals surface area contributed by atoms with Crippen LogP contribution in [0.4, 0.5) is 0 Å². The summed E-state index contributed by atoms with van der Waals surface area (Å²) in [5.74, 6) is 0. The highest BCUT2D eigenvalue weighted by atomic mass is 32.2. The monoisotopic (exact) mass is 289 g/mol. The van der Waals surface area contributed by atoms with E-state index >= 15 is 0 Å². The maximum absolute atomic E-state index is 12.3. The van der Waals surface area contributed by atoms with Crippen molar-refractivity contribution >= 4 is 21.4 Å². The van der Waals surface area contributed by atoms with Gasteiger partial charge < -0.3 is 5.11 Å². The summed E-state index contributed by atoms with van der Waals surface area (Å²) in [6.45, 7) is 3.70. The van der Waals surface area contributed by atoms with E-state index < -0.39 is 16.1 Å². The van der Waals surface area contributed by atoms with Crippen LogP contribution in [0.15, 0.2) is 11.0 Å². The Kier molecular flexibility index (Phi) is 4.11. The number of aryl methyl sites for hydroxylation is 2. The van der Waals surface area contributed by atoms with Crippen LogP contribution in [0, 0.1) is 13.8 Å². The second-order valence-corrected chi connectivity index (χ2v) is 8.00. The van der Waals surface area contributed by atoms with Gasteiger partial charge in [-0.05, 0) is 32.8 Å². The lowest BCUT2D eigenvalue weighted by atomic mass is 9.93. The van der Waals surface area contributed by atoms with Gasteiger partial charge in [0.25, 0.3) is 0 Å². The summed E-state index contributed by atoms with van der Waals surface area (Å²) in [6, 6.07) is 1.35. The summed E-state index contributed by atoms with van der Waals surface area (Å²) in [7, 11) is -3.50. The van der Waals surface area contributed by atoms with Crippen LogP contribution in [0.2, 0.25) is 0 Å². The molecule has 2 rings (SSSR count). The lowest BCUT2D eigenvalue weighted by Crippen LogP contribution is -2.44. The van der Waals surface area contributed by atoms with E-state index in [4.69, 9.17) is 0 Å². The Morgan fingerprint density at radius 1 is 1.33 bits per heavy atom. The molecule has 2 atom stereocenters. The van der Waals surface area contributed by atoms with Crippen molar-refractivity contribution in [3.8, 4) is 0 Å². The van der Waals surface area contributed by atoms with Gasteiger partial charge in [0.1, 0.15) is 0 Å². The standard InChI is InChI=1S/C12H19NO3S2/c1-8-7-12(9(2)17-8)18(15,16)13-10-5-3-4-6-11(10)14/h7,10-11,13-14H,3-6H2,1-2H3/t10-,11-/m1/s1. The summed E-state index contributed by atoms with van der Waals surface area (Å²) in [5, 5.41) is 9.83. The average Bonchev–Trinajstić information content (AvgIpc) is 2.62. The molecule has 4 nitrogen and oxygen atoms in total. The van der Waals surface area contributed by atoms with Crippen molar-refractivity contribution in [1.82, 2.24) is 4.72 Å². The molecule has 1 aromatic heterocycles. The number of hydrogen-bond acceptors (Lipinski definition) is 4. The normalized spacial score (nSPS) is 25.3. The Labute approximate surface area is 112 Å². The van der Waals surface area contributed by atoms with Crippen LogP contribution >= 0.6 is 11.3 Å². The summed E-state index contributed by atoms with van der Waals surface area (Å²) in [6.07, 6.45) is 2.76. The van der Waals surface area contributed by atoms with Gasteiger partial charge in [0.2, 0.25) is 10.0 Å². The summed E-state index contributed by atoms with van der Waals surface area (Å²) in [5.41, 5.74) is 0. The first-order valence-corrected chi connectivity index (χ1v) is 8.47. The average molecular weight is 289 g/mol. The number of aliphatic hydroxyl groups excluding tert-OH is 1. The molecular weight excluding hydrogens is 270 g/mol. The number of aliphatic hydroxyl groups is 1. The van der Waals surface area contributed by atoms with Crippen molar-refractivity contribution in [1.29, 1.82) is 0 Å². The van der Waals surface area contributed by atoms with E-state index in [9.17, 15) is 13.5 Å². The van der Waals surface area contributed by atoms with Crippen LogP contribution in [0.25, 0.3) is 0 Å². The minimum Gasteiger partial charge on any atom is -0.391 e. The molecule has 6 heteroatoms. The van der Waals surface area contributed by atoms with Crippen LogP contribution in [0.5, 0.6) is 0 Å². The molecule has 0 bridgehead atoms. The molecule has 18 heavy (non-hydrogen) atoms. The summed E-state index contributed by atoms with van der Waals surface area (Å²) in [4.78, 5) is 2.13. The second-order valence-electron chi connectivity index (χ2n) is 4.86. The van der Waals surface area contributed by atoms with Gasteiger partial charge >= 0.3 is 0 Å². The van der Waals surface area contributed by atoms with Crippen molar-refractivity contribution < 1.29 is 13.5 Å². The van der Waals surface area contributed by atoms with Gasteiger partial charge in [0.05, 0.1) is 11.0 Å². The van der Waals surface area contributed by atoms with E-state index in [1.807, 2.05) is 13.8 Å². The van der Waals surface area contributed by atoms with Crippen molar-refractivity contribution in [3.63, 3.8) is 0 Å². The maximum atomic E-state index is 12.3. The Balaban J connectivity index is 2.19. The molecule has 1 aliphatic rings. The fraction of sp³-hybridized carbons (Fsp3) is 0.667. The van der Waals surface area contributed by atoms with Gasteiger partial charge in [-0.15, -0.1) is 11.3 Å². The minimum atomic E-state index is -3.50. The molecule has 0 aromatic carbocycles. The maximum Gasteiger partial charge on any atom is 0.242 e. The number of thiophene rings is 1. The predicted octanol–water partition coefficient (Wildman–Crippen LogP) is 1.95. The van der Waals surface area contributed by atoms with E-state index in [1.165, 1.54) is 11.3 Å². The molecule has 1 saturated carbocycles. The zero-order chi connectivity index (χ0) is 13.3. The molecule has 1 aliphatic carbocycles. The SMILES string of the molecule is Cc1cc(S(=O)(=O)N[C@@H]2CCCC[C@H]2O)c(C)s1. The van der Waals surface area contributed by atoms with E-state index in [0.717, 1.165) is 22.6 Å². The van der Waals surface area contributed by atoms with E-state index in [1.54, 1.807) is 6.07 Å². The molecule has 0 spiro atoms. The highest BCUT2D eigenvalue weighted by molar-refractivity contribution is 7.89.